The fourth-order valence-electron chi connectivity index (χ4n) is 4.02. The highest BCUT2D eigenvalue weighted by molar-refractivity contribution is 5.91. The molecular weight excluding hydrogens is 387 g/mol. The van der Waals surface area contributed by atoms with Gasteiger partial charge < -0.3 is 10.6 Å². The van der Waals surface area contributed by atoms with E-state index in [1.165, 1.54) is 12.1 Å². The highest BCUT2D eigenvalue weighted by atomic mass is 19.1. The van der Waals surface area contributed by atoms with Gasteiger partial charge in [0.15, 0.2) is 0 Å². The molecule has 30 heavy (non-hydrogen) atoms. The van der Waals surface area contributed by atoms with Gasteiger partial charge in [0.25, 0.3) is 0 Å². The summed E-state index contributed by atoms with van der Waals surface area (Å²) in [5.74, 6) is 0.134. The van der Waals surface area contributed by atoms with Crippen LogP contribution in [0.3, 0.4) is 0 Å². The SMILES string of the molecule is O=C1CC(n2ncc3cc(NC(=O)NC4(c5ccc(F)cc5)CC4)ncc32)CCN1. The zero-order valence-corrected chi connectivity index (χ0v) is 16.2. The summed E-state index contributed by atoms with van der Waals surface area (Å²) in [5.41, 5.74) is 1.26. The molecule has 2 aromatic heterocycles. The largest absolute Gasteiger partial charge is 0.356 e. The Kier molecular flexibility index (Phi) is 4.38. The lowest BCUT2D eigenvalue weighted by atomic mass is 10.1. The normalized spacial score (nSPS) is 19.9. The molecule has 3 aromatic rings. The molecule has 2 fully saturated rings. The van der Waals surface area contributed by atoms with Crippen molar-refractivity contribution in [2.24, 2.45) is 0 Å². The number of hydrogen-bond donors (Lipinski definition) is 3. The average molecular weight is 408 g/mol. The zero-order valence-electron chi connectivity index (χ0n) is 16.2. The van der Waals surface area contributed by atoms with Gasteiger partial charge in [-0.2, -0.15) is 5.10 Å². The van der Waals surface area contributed by atoms with Crippen LogP contribution in [-0.2, 0) is 10.3 Å². The molecule has 8 nitrogen and oxygen atoms in total. The summed E-state index contributed by atoms with van der Waals surface area (Å²) in [7, 11) is 0. The van der Waals surface area contributed by atoms with Crippen LogP contribution in [0.4, 0.5) is 15.0 Å². The fourth-order valence-corrected chi connectivity index (χ4v) is 4.02. The first-order valence-corrected chi connectivity index (χ1v) is 9.98. The Balaban J connectivity index is 1.29. The first-order chi connectivity index (χ1) is 14.5. The van der Waals surface area contributed by atoms with E-state index in [-0.39, 0.29) is 23.8 Å². The zero-order chi connectivity index (χ0) is 20.7. The second-order valence-electron chi connectivity index (χ2n) is 7.88. The molecule has 0 spiro atoms. The molecule has 1 aliphatic heterocycles. The van der Waals surface area contributed by atoms with Crippen LogP contribution in [0, 0.1) is 5.82 Å². The third-order valence-electron chi connectivity index (χ3n) is 5.79. The molecule has 3 amide bonds. The summed E-state index contributed by atoms with van der Waals surface area (Å²) in [6.45, 7) is 0.633. The first kappa shape index (κ1) is 18.5. The van der Waals surface area contributed by atoms with Crippen molar-refractivity contribution >= 4 is 28.7 Å². The predicted molar refractivity (Wildman–Crippen MR) is 108 cm³/mol. The van der Waals surface area contributed by atoms with Gasteiger partial charge in [-0.3, -0.25) is 14.8 Å². The van der Waals surface area contributed by atoms with E-state index < -0.39 is 5.54 Å². The van der Waals surface area contributed by atoms with Gasteiger partial charge in [-0.15, -0.1) is 0 Å². The minimum absolute atomic E-state index is 0.00518. The van der Waals surface area contributed by atoms with Crippen molar-refractivity contribution < 1.29 is 14.0 Å². The topological polar surface area (TPSA) is 101 Å². The number of pyridine rings is 1. The second-order valence-corrected chi connectivity index (χ2v) is 7.88. The molecule has 1 atom stereocenters. The molecule has 0 bridgehead atoms. The van der Waals surface area contributed by atoms with E-state index in [0.717, 1.165) is 35.7 Å². The third-order valence-corrected chi connectivity index (χ3v) is 5.79. The van der Waals surface area contributed by atoms with Crippen LogP contribution in [0.2, 0.25) is 0 Å². The molecule has 2 aliphatic rings. The van der Waals surface area contributed by atoms with Gasteiger partial charge in [0.2, 0.25) is 5.91 Å². The summed E-state index contributed by atoms with van der Waals surface area (Å²) in [6, 6.07) is 7.61. The number of anilines is 1. The number of rotatable bonds is 4. The molecule has 1 saturated carbocycles. The number of nitrogens with zero attached hydrogens (tertiary/aromatic N) is 3. The lowest BCUT2D eigenvalue weighted by molar-refractivity contribution is -0.123. The van der Waals surface area contributed by atoms with Crippen LogP contribution < -0.4 is 16.0 Å². The number of amides is 3. The van der Waals surface area contributed by atoms with Crippen LogP contribution in [0.15, 0.2) is 42.7 Å². The minimum atomic E-state index is -0.450. The van der Waals surface area contributed by atoms with Crippen LogP contribution >= 0.6 is 0 Å². The Morgan fingerprint density at radius 2 is 2.03 bits per heavy atom. The van der Waals surface area contributed by atoms with E-state index in [0.29, 0.717) is 18.8 Å². The molecule has 3 N–H and O–H groups in total. The highest BCUT2D eigenvalue weighted by Crippen LogP contribution is 2.45. The molecule has 1 aliphatic carbocycles. The maximum atomic E-state index is 13.2. The Morgan fingerprint density at radius 3 is 2.77 bits per heavy atom. The van der Waals surface area contributed by atoms with Gasteiger partial charge in [0.05, 0.1) is 29.5 Å². The molecular formula is C21H21FN6O2. The van der Waals surface area contributed by atoms with Crippen LogP contribution in [0.5, 0.6) is 0 Å². The molecule has 9 heteroatoms. The molecule has 5 rings (SSSR count). The van der Waals surface area contributed by atoms with E-state index >= 15 is 0 Å². The number of fused-ring (bicyclic) bond motifs is 1. The summed E-state index contributed by atoms with van der Waals surface area (Å²) in [4.78, 5) is 28.6. The van der Waals surface area contributed by atoms with E-state index in [1.54, 1.807) is 30.6 Å². The monoisotopic (exact) mass is 408 g/mol. The molecule has 154 valence electrons. The lowest BCUT2D eigenvalue weighted by Gasteiger charge is -2.23. The maximum absolute atomic E-state index is 13.2. The van der Waals surface area contributed by atoms with Gasteiger partial charge >= 0.3 is 6.03 Å². The number of halogens is 1. The highest BCUT2D eigenvalue weighted by Gasteiger charge is 2.45. The number of urea groups is 1. The number of piperidine rings is 1. The summed E-state index contributed by atoms with van der Waals surface area (Å²) < 4.78 is 15.0. The second kappa shape index (κ2) is 7.08. The van der Waals surface area contributed by atoms with Crippen molar-refractivity contribution in [2.75, 3.05) is 11.9 Å². The van der Waals surface area contributed by atoms with Crippen molar-refractivity contribution in [1.29, 1.82) is 0 Å². The van der Waals surface area contributed by atoms with Gasteiger partial charge in [0.1, 0.15) is 11.6 Å². The number of carbonyl (C=O) groups is 2. The Hall–Kier alpha value is -3.49. The van der Waals surface area contributed by atoms with Crippen molar-refractivity contribution in [2.45, 2.75) is 37.3 Å². The quantitative estimate of drug-likeness (QED) is 0.618. The van der Waals surface area contributed by atoms with Crippen molar-refractivity contribution in [1.82, 2.24) is 25.4 Å². The number of nitrogens with one attached hydrogen (secondary N) is 3. The molecule has 1 saturated heterocycles. The molecule has 1 aromatic carbocycles. The number of benzene rings is 1. The first-order valence-electron chi connectivity index (χ1n) is 9.98. The van der Waals surface area contributed by atoms with Crippen LogP contribution in [0.1, 0.15) is 37.3 Å². The summed E-state index contributed by atoms with van der Waals surface area (Å²) >= 11 is 0. The van der Waals surface area contributed by atoms with Gasteiger partial charge in [-0.05, 0) is 43.0 Å². The van der Waals surface area contributed by atoms with Crippen molar-refractivity contribution in [3.63, 3.8) is 0 Å². The maximum Gasteiger partial charge on any atom is 0.321 e. The molecule has 3 heterocycles. The fraction of sp³-hybridized carbons (Fsp3) is 0.333. The number of carbonyl (C=O) groups excluding carboxylic acids is 2. The van der Waals surface area contributed by atoms with E-state index in [4.69, 9.17) is 0 Å². The number of aromatic nitrogens is 3. The van der Waals surface area contributed by atoms with Crippen LogP contribution in [-0.4, -0.2) is 33.2 Å². The molecule has 1 unspecified atom stereocenters. The predicted octanol–water partition coefficient (Wildman–Crippen LogP) is 2.83. The van der Waals surface area contributed by atoms with E-state index in [1.807, 2.05) is 4.68 Å². The van der Waals surface area contributed by atoms with Crippen LogP contribution in [0.25, 0.3) is 10.9 Å². The average Bonchev–Trinajstić information content (AvgIpc) is 3.38. The Morgan fingerprint density at radius 1 is 1.23 bits per heavy atom. The standard InChI is InChI=1S/C21H21FN6O2/c22-15-3-1-14(2-4-15)21(6-7-21)27-20(30)26-18-9-13-11-25-28(17(13)12-24-18)16-5-8-23-19(29)10-16/h1-4,9,11-12,16H,5-8,10H2,(H,23,29)(H2,24,26,27,30). The van der Waals surface area contributed by atoms with Crippen molar-refractivity contribution in [3.05, 3.63) is 54.1 Å². The molecule has 0 radical (unpaired) electrons. The Labute approximate surface area is 171 Å². The Bertz CT molecular complexity index is 1120. The summed E-state index contributed by atoms with van der Waals surface area (Å²) in [5, 5.41) is 13.8. The van der Waals surface area contributed by atoms with E-state index in [2.05, 4.69) is 26.0 Å². The van der Waals surface area contributed by atoms with Crippen molar-refractivity contribution in [3.8, 4) is 0 Å². The van der Waals surface area contributed by atoms with Gasteiger partial charge in [0, 0.05) is 18.4 Å². The van der Waals surface area contributed by atoms with Gasteiger partial charge in [-0.25, -0.2) is 14.2 Å². The number of hydrogen-bond acceptors (Lipinski definition) is 4. The summed E-state index contributed by atoms with van der Waals surface area (Å²) in [6.07, 6.45) is 6.20. The van der Waals surface area contributed by atoms with Gasteiger partial charge in [-0.1, -0.05) is 12.1 Å². The minimum Gasteiger partial charge on any atom is -0.356 e. The third kappa shape index (κ3) is 3.47. The van der Waals surface area contributed by atoms with E-state index in [9.17, 15) is 14.0 Å². The smallest absolute Gasteiger partial charge is 0.321 e. The lowest BCUT2D eigenvalue weighted by Crippen LogP contribution is -2.38.